The number of nitrogens with zero attached hydrogens (tertiary/aromatic N) is 2. The zero-order chi connectivity index (χ0) is 18.3. The summed E-state index contributed by atoms with van der Waals surface area (Å²) in [7, 11) is -1.72. The minimum atomic E-state index is -4.66. The third-order valence-electron chi connectivity index (χ3n) is 3.11. The van der Waals surface area contributed by atoms with Crippen molar-refractivity contribution < 1.29 is 17.4 Å². The van der Waals surface area contributed by atoms with Crippen LogP contribution in [0.15, 0.2) is 21.3 Å². The van der Waals surface area contributed by atoms with Gasteiger partial charge in [0.25, 0.3) is 5.56 Å². The Kier molecular flexibility index (Phi) is 4.67. The standard InChI is InChI=1S/C15H16F3N3O2S/c1-8-20-12-6-11(15(16,17)18)9(5-10(12)13(22)21-8)7-19-24(23)14(2,3)4/h5-7H,1-4H3,(H,20,21,22)/b19-7+. The van der Waals surface area contributed by atoms with Crippen LogP contribution < -0.4 is 5.56 Å². The van der Waals surface area contributed by atoms with Crippen LogP contribution >= 0.6 is 0 Å². The first kappa shape index (κ1) is 18.3. The summed E-state index contributed by atoms with van der Waals surface area (Å²) in [4.78, 5) is 18.3. The molecule has 0 spiro atoms. The average molecular weight is 359 g/mol. The fourth-order valence-corrected chi connectivity index (χ4v) is 2.46. The predicted molar refractivity (Wildman–Crippen MR) is 87.6 cm³/mol. The van der Waals surface area contributed by atoms with E-state index in [0.29, 0.717) is 0 Å². The van der Waals surface area contributed by atoms with Gasteiger partial charge in [-0.1, -0.05) is 0 Å². The van der Waals surface area contributed by atoms with Gasteiger partial charge in [-0.05, 0) is 39.8 Å². The van der Waals surface area contributed by atoms with Crippen LogP contribution in [0, 0.1) is 6.92 Å². The molecule has 0 amide bonds. The van der Waals surface area contributed by atoms with Crippen molar-refractivity contribution in [3.8, 4) is 0 Å². The molecule has 5 nitrogen and oxygen atoms in total. The van der Waals surface area contributed by atoms with Gasteiger partial charge >= 0.3 is 6.18 Å². The van der Waals surface area contributed by atoms with Gasteiger partial charge in [0.1, 0.15) is 16.8 Å². The number of fused-ring (bicyclic) bond motifs is 1. The van der Waals surface area contributed by atoms with E-state index in [4.69, 9.17) is 0 Å². The first-order chi connectivity index (χ1) is 10.9. The van der Waals surface area contributed by atoms with Crippen LogP contribution in [0.2, 0.25) is 0 Å². The number of aromatic nitrogens is 2. The van der Waals surface area contributed by atoms with Crippen molar-refractivity contribution in [3.05, 3.63) is 39.4 Å². The lowest BCUT2D eigenvalue weighted by atomic mass is 10.0. The maximum atomic E-state index is 13.3. The molecule has 0 fully saturated rings. The second kappa shape index (κ2) is 6.12. The summed E-state index contributed by atoms with van der Waals surface area (Å²) in [5, 5.41) is 0.0107. The molecule has 0 saturated carbocycles. The molecule has 0 aliphatic carbocycles. The zero-order valence-electron chi connectivity index (χ0n) is 13.5. The number of nitrogens with one attached hydrogen (secondary N) is 1. The van der Waals surface area contributed by atoms with Crippen LogP contribution in [0.25, 0.3) is 10.9 Å². The van der Waals surface area contributed by atoms with Gasteiger partial charge in [-0.15, -0.1) is 0 Å². The van der Waals surface area contributed by atoms with E-state index in [1.165, 1.54) is 6.92 Å². The van der Waals surface area contributed by atoms with Crippen molar-refractivity contribution in [2.24, 2.45) is 4.40 Å². The summed E-state index contributed by atoms with van der Waals surface area (Å²) in [5.74, 6) is 0.218. The molecule has 24 heavy (non-hydrogen) atoms. The molecular formula is C15H16F3N3O2S. The summed E-state index contributed by atoms with van der Waals surface area (Å²) < 4.78 is 54.8. The van der Waals surface area contributed by atoms with E-state index in [1.807, 2.05) is 0 Å². The molecule has 1 heterocycles. The van der Waals surface area contributed by atoms with E-state index in [1.54, 1.807) is 20.8 Å². The maximum Gasteiger partial charge on any atom is 0.417 e. The number of halogens is 3. The van der Waals surface area contributed by atoms with Crippen molar-refractivity contribution in [2.45, 2.75) is 38.6 Å². The van der Waals surface area contributed by atoms with E-state index in [9.17, 15) is 22.2 Å². The van der Waals surface area contributed by atoms with Crippen LogP contribution in [0.4, 0.5) is 13.2 Å². The lowest BCUT2D eigenvalue weighted by molar-refractivity contribution is -0.137. The van der Waals surface area contributed by atoms with Crippen molar-refractivity contribution in [3.63, 3.8) is 0 Å². The van der Waals surface area contributed by atoms with Gasteiger partial charge in [0.2, 0.25) is 0 Å². The Morgan fingerprint density at radius 3 is 2.42 bits per heavy atom. The third kappa shape index (κ3) is 3.89. The molecule has 1 unspecified atom stereocenters. The molecule has 0 saturated heterocycles. The molecule has 1 aromatic heterocycles. The number of benzene rings is 1. The van der Waals surface area contributed by atoms with Crippen LogP contribution in [0.5, 0.6) is 0 Å². The molecule has 2 rings (SSSR count). The molecule has 2 aromatic rings. The number of aryl methyl sites for hydroxylation is 1. The topological polar surface area (TPSA) is 75.2 Å². The SMILES string of the molecule is Cc1nc2cc(C(F)(F)F)c(/C=N/S(=O)C(C)(C)C)cc2c(=O)[nH]1. The van der Waals surface area contributed by atoms with E-state index in [2.05, 4.69) is 14.4 Å². The molecule has 1 aromatic carbocycles. The number of rotatable bonds is 2. The van der Waals surface area contributed by atoms with Gasteiger partial charge in [-0.3, -0.25) is 4.79 Å². The van der Waals surface area contributed by atoms with E-state index >= 15 is 0 Å². The minimum absolute atomic E-state index is 0.0107. The van der Waals surface area contributed by atoms with Crippen molar-refractivity contribution >= 4 is 28.1 Å². The fraction of sp³-hybridized carbons (Fsp3) is 0.400. The Morgan fingerprint density at radius 1 is 1.25 bits per heavy atom. The second-order valence-electron chi connectivity index (χ2n) is 6.20. The third-order valence-corrected chi connectivity index (χ3v) is 4.46. The van der Waals surface area contributed by atoms with Gasteiger partial charge in [0.15, 0.2) is 0 Å². The van der Waals surface area contributed by atoms with E-state index in [-0.39, 0.29) is 22.3 Å². The quantitative estimate of drug-likeness (QED) is 0.837. The zero-order valence-corrected chi connectivity index (χ0v) is 14.3. The number of hydrogen-bond donors (Lipinski definition) is 1. The number of H-pyrrole nitrogens is 1. The Hall–Kier alpha value is -2.03. The highest BCUT2D eigenvalue weighted by Crippen LogP contribution is 2.33. The molecule has 0 aliphatic heterocycles. The molecule has 1 atom stereocenters. The van der Waals surface area contributed by atoms with Gasteiger partial charge in [0.05, 0.1) is 21.2 Å². The summed E-state index contributed by atoms with van der Waals surface area (Å²) in [6.45, 7) is 6.45. The summed E-state index contributed by atoms with van der Waals surface area (Å²) in [5.41, 5.74) is -1.92. The van der Waals surface area contributed by atoms with Crippen LogP contribution in [0.3, 0.4) is 0 Å². The lowest BCUT2D eigenvalue weighted by Crippen LogP contribution is -2.20. The largest absolute Gasteiger partial charge is 0.417 e. The first-order valence-corrected chi connectivity index (χ1v) is 8.08. The van der Waals surface area contributed by atoms with E-state index in [0.717, 1.165) is 18.3 Å². The van der Waals surface area contributed by atoms with Crippen molar-refractivity contribution in [1.82, 2.24) is 9.97 Å². The molecule has 9 heteroatoms. The predicted octanol–water partition coefficient (Wildman–Crippen LogP) is 3.13. The summed E-state index contributed by atoms with van der Waals surface area (Å²) in [6.07, 6.45) is -3.76. The molecular weight excluding hydrogens is 343 g/mol. The van der Waals surface area contributed by atoms with Crippen LogP contribution in [0.1, 0.15) is 37.7 Å². The highest BCUT2D eigenvalue weighted by molar-refractivity contribution is 7.85. The van der Waals surface area contributed by atoms with Crippen molar-refractivity contribution in [1.29, 1.82) is 0 Å². The average Bonchev–Trinajstić information content (AvgIpc) is 2.41. The van der Waals surface area contributed by atoms with Gasteiger partial charge in [-0.25, -0.2) is 9.19 Å². The number of alkyl halides is 3. The Balaban J connectivity index is 2.69. The van der Waals surface area contributed by atoms with Crippen LogP contribution in [-0.2, 0) is 17.2 Å². The smallest absolute Gasteiger partial charge is 0.310 e. The second-order valence-corrected chi connectivity index (χ2v) is 8.14. The molecule has 130 valence electrons. The molecule has 0 aliphatic rings. The van der Waals surface area contributed by atoms with Gasteiger partial charge in [0, 0.05) is 11.8 Å². The molecule has 0 radical (unpaired) electrons. The molecule has 0 bridgehead atoms. The lowest BCUT2D eigenvalue weighted by Gasteiger charge is -2.14. The summed E-state index contributed by atoms with van der Waals surface area (Å²) in [6, 6.07) is 1.87. The monoisotopic (exact) mass is 359 g/mol. The summed E-state index contributed by atoms with van der Waals surface area (Å²) >= 11 is 0. The highest BCUT2D eigenvalue weighted by Gasteiger charge is 2.34. The van der Waals surface area contributed by atoms with E-state index < -0.39 is 33.0 Å². The maximum absolute atomic E-state index is 13.3. The fourth-order valence-electron chi connectivity index (χ4n) is 1.93. The van der Waals surface area contributed by atoms with Crippen LogP contribution in [-0.4, -0.2) is 25.1 Å². The Morgan fingerprint density at radius 2 is 1.88 bits per heavy atom. The van der Waals surface area contributed by atoms with Gasteiger partial charge in [-0.2, -0.15) is 17.6 Å². The number of hydrogen-bond acceptors (Lipinski definition) is 3. The minimum Gasteiger partial charge on any atom is -0.310 e. The number of aromatic amines is 1. The Labute approximate surface area is 138 Å². The first-order valence-electron chi connectivity index (χ1n) is 6.97. The Bertz CT molecular complexity index is 896. The molecule has 1 N–H and O–H groups in total. The highest BCUT2D eigenvalue weighted by atomic mass is 32.2. The van der Waals surface area contributed by atoms with Gasteiger partial charge < -0.3 is 4.98 Å². The normalized spacial score (nSPS) is 14.5. The van der Waals surface area contributed by atoms with Crippen molar-refractivity contribution in [2.75, 3.05) is 0 Å².